The van der Waals surface area contributed by atoms with Crippen LogP contribution < -0.4 is 10.2 Å². The van der Waals surface area contributed by atoms with Crippen LogP contribution in [0.5, 0.6) is 0 Å². The highest BCUT2D eigenvalue weighted by Gasteiger charge is 2.29. The molecule has 0 radical (unpaired) electrons. The van der Waals surface area contributed by atoms with E-state index in [2.05, 4.69) is 31.1 Å². The molecule has 3 heteroatoms. The summed E-state index contributed by atoms with van der Waals surface area (Å²) < 4.78 is 13.4. The summed E-state index contributed by atoms with van der Waals surface area (Å²) in [5.74, 6) is 1.29. The van der Waals surface area contributed by atoms with E-state index in [1.807, 2.05) is 6.07 Å². The maximum atomic E-state index is 13.4. The summed E-state index contributed by atoms with van der Waals surface area (Å²) in [5, 5.41) is 3.71. The fourth-order valence-corrected chi connectivity index (χ4v) is 3.47. The predicted octanol–water partition coefficient (Wildman–Crippen LogP) is 4.07. The van der Waals surface area contributed by atoms with Gasteiger partial charge in [0.25, 0.3) is 0 Å². The molecule has 1 fully saturated rings. The highest BCUT2D eigenvalue weighted by molar-refractivity contribution is 5.45. The summed E-state index contributed by atoms with van der Waals surface area (Å²) in [5.41, 5.74) is 0.975. The zero-order chi connectivity index (χ0) is 15.2. The molecular formula is C18H29FN2. The topological polar surface area (TPSA) is 15.3 Å². The van der Waals surface area contributed by atoms with E-state index in [9.17, 15) is 4.39 Å². The van der Waals surface area contributed by atoms with Crippen molar-refractivity contribution in [1.29, 1.82) is 0 Å². The summed E-state index contributed by atoms with van der Waals surface area (Å²) in [6, 6.07) is 7.52. The van der Waals surface area contributed by atoms with Crippen LogP contribution in [0.15, 0.2) is 24.3 Å². The van der Waals surface area contributed by atoms with Gasteiger partial charge < -0.3 is 10.2 Å². The van der Waals surface area contributed by atoms with Crippen molar-refractivity contribution in [2.24, 2.45) is 11.8 Å². The van der Waals surface area contributed by atoms with Gasteiger partial charge in [0, 0.05) is 25.3 Å². The van der Waals surface area contributed by atoms with Gasteiger partial charge in [-0.15, -0.1) is 0 Å². The van der Waals surface area contributed by atoms with Crippen molar-refractivity contribution in [3.8, 4) is 0 Å². The van der Waals surface area contributed by atoms with Crippen LogP contribution >= 0.6 is 0 Å². The SMILES string of the molecule is CCCNC1CCC(C)CC1CN(C)c1cccc(F)c1. The molecular weight excluding hydrogens is 263 g/mol. The minimum Gasteiger partial charge on any atom is -0.374 e. The third-order valence-corrected chi connectivity index (χ3v) is 4.66. The highest BCUT2D eigenvalue weighted by Crippen LogP contribution is 2.30. The Kier molecular flexibility index (Phi) is 6.04. The first-order valence-corrected chi connectivity index (χ1v) is 8.30. The molecule has 118 valence electrons. The molecule has 1 aliphatic rings. The average Bonchev–Trinajstić information content (AvgIpc) is 2.46. The van der Waals surface area contributed by atoms with Gasteiger partial charge in [-0.05, 0) is 62.3 Å². The number of benzene rings is 1. The molecule has 3 atom stereocenters. The van der Waals surface area contributed by atoms with E-state index < -0.39 is 0 Å². The van der Waals surface area contributed by atoms with Crippen molar-refractivity contribution in [3.05, 3.63) is 30.1 Å². The first-order chi connectivity index (χ1) is 10.1. The molecule has 2 nitrogen and oxygen atoms in total. The number of hydrogen-bond acceptors (Lipinski definition) is 2. The third kappa shape index (κ3) is 4.70. The molecule has 0 aromatic heterocycles. The second-order valence-electron chi connectivity index (χ2n) is 6.60. The molecule has 2 rings (SSSR count). The van der Waals surface area contributed by atoms with Gasteiger partial charge in [0.15, 0.2) is 0 Å². The quantitative estimate of drug-likeness (QED) is 0.850. The Labute approximate surface area is 128 Å². The van der Waals surface area contributed by atoms with Crippen LogP contribution in [0.3, 0.4) is 0 Å². The Morgan fingerprint density at radius 2 is 2.14 bits per heavy atom. The summed E-state index contributed by atoms with van der Waals surface area (Å²) >= 11 is 0. The first kappa shape index (κ1) is 16.3. The van der Waals surface area contributed by atoms with Crippen LogP contribution in [0, 0.1) is 17.7 Å². The zero-order valence-electron chi connectivity index (χ0n) is 13.6. The van der Waals surface area contributed by atoms with E-state index in [1.54, 1.807) is 12.1 Å². The van der Waals surface area contributed by atoms with E-state index in [-0.39, 0.29) is 5.82 Å². The lowest BCUT2D eigenvalue weighted by molar-refractivity contribution is 0.217. The molecule has 1 aliphatic carbocycles. The van der Waals surface area contributed by atoms with Crippen LogP contribution in [0.1, 0.15) is 39.5 Å². The molecule has 0 amide bonds. The predicted molar refractivity (Wildman–Crippen MR) is 88.3 cm³/mol. The Hall–Kier alpha value is -1.09. The molecule has 1 aromatic carbocycles. The van der Waals surface area contributed by atoms with Crippen molar-refractivity contribution >= 4 is 5.69 Å². The molecule has 1 aromatic rings. The van der Waals surface area contributed by atoms with Crippen molar-refractivity contribution in [1.82, 2.24) is 5.32 Å². The van der Waals surface area contributed by atoms with Crippen LogP contribution in [0.2, 0.25) is 0 Å². The Balaban J connectivity index is 1.99. The minimum absolute atomic E-state index is 0.156. The molecule has 3 unspecified atom stereocenters. The van der Waals surface area contributed by atoms with Crippen LogP contribution in [-0.2, 0) is 0 Å². The van der Waals surface area contributed by atoms with Crippen molar-refractivity contribution in [2.45, 2.75) is 45.6 Å². The Morgan fingerprint density at radius 3 is 2.86 bits per heavy atom. The van der Waals surface area contributed by atoms with Crippen molar-refractivity contribution in [2.75, 3.05) is 25.0 Å². The summed E-state index contributed by atoms with van der Waals surface area (Å²) in [7, 11) is 2.07. The first-order valence-electron chi connectivity index (χ1n) is 8.30. The van der Waals surface area contributed by atoms with Crippen LogP contribution in [0.4, 0.5) is 10.1 Å². The van der Waals surface area contributed by atoms with Crippen LogP contribution in [-0.4, -0.2) is 26.2 Å². The van der Waals surface area contributed by atoms with E-state index in [0.717, 1.165) is 24.7 Å². The lowest BCUT2D eigenvalue weighted by Gasteiger charge is -2.38. The molecule has 0 bridgehead atoms. The summed E-state index contributed by atoms with van der Waals surface area (Å²) in [6.07, 6.45) is 5.03. The molecule has 0 heterocycles. The Morgan fingerprint density at radius 1 is 1.33 bits per heavy atom. The van der Waals surface area contributed by atoms with Gasteiger partial charge in [-0.2, -0.15) is 0 Å². The van der Waals surface area contributed by atoms with Gasteiger partial charge in [-0.25, -0.2) is 4.39 Å². The maximum absolute atomic E-state index is 13.4. The van der Waals surface area contributed by atoms with Gasteiger partial charge in [-0.3, -0.25) is 0 Å². The third-order valence-electron chi connectivity index (χ3n) is 4.66. The standard InChI is InChI=1S/C18H29FN2/c1-4-10-20-18-9-8-14(2)11-15(18)13-21(3)17-7-5-6-16(19)12-17/h5-7,12,14-15,18,20H,4,8-11,13H2,1-3H3. The summed E-state index contributed by atoms with van der Waals surface area (Å²) in [6.45, 7) is 6.66. The van der Waals surface area contributed by atoms with Gasteiger partial charge >= 0.3 is 0 Å². The maximum Gasteiger partial charge on any atom is 0.125 e. The number of nitrogens with one attached hydrogen (secondary N) is 1. The molecule has 1 saturated carbocycles. The fraction of sp³-hybridized carbons (Fsp3) is 0.667. The second-order valence-corrected chi connectivity index (χ2v) is 6.60. The zero-order valence-corrected chi connectivity index (χ0v) is 13.6. The number of nitrogens with zero attached hydrogens (tertiary/aromatic N) is 1. The molecule has 0 aliphatic heterocycles. The highest BCUT2D eigenvalue weighted by atomic mass is 19.1. The smallest absolute Gasteiger partial charge is 0.125 e. The van der Waals surface area contributed by atoms with E-state index >= 15 is 0 Å². The average molecular weight is 292 g/mol. The van der Waals surface area contributed by atoms with Gasteiger partial charge in [-0.1, -0.05) is 19.9 Å². The number of halogens is 1. The largest absolute Gasteiger partial charge is 0.374 e. The number of hydrogen-bond donors (Lipinski definition) is 1. The minimum atomic E-state index is -0.156. The number of rotatable bonds is 6. The van der Waals surface area contributed by atoms with Crippen molar-refractivity contribution < 1.29 is 4.39 Å². The van der Waals surface area contributed by atoms with Gasteiger partial charge in [0.2, 0.25) is 0 Å². The second kappa shape index (κ2) is 7.79. The number of anilines is 1. The molecule has 0 spiro atoms. The molecule has 21 heavy (non-hydrogen) atoms. The normalized spacial score (nSPS) is 25.8. The van der Waals surface area contributed by atoms with Gasteiger partial charge in [0.05, 0.1) is 0 Å². The molecule has 0 saturated heterocycles. The fourth-order valence-electron chi connectivity index (χ4n) is 3.47. The van der Waals surface area contributed by atoms with E-state index in [4.69, 9.17) is 0 Å². The molecule has 1 N–H and O–H groups in total. The summed E-state index contributed by atoms with van der Waals surface area (Å²) in [4.78, 5) is 2.20. The lowest BCUT2D eigenvalue weighted by atomic mass is 9.78. The van der Waals surface area contributed by atoms with E-state index in [0.29, 0.717) is 12.0 Å². The van der Waals surface area contributed by atoms with E-state index in [1.165, 1.54) is 31.7 Å². The lowest BCUT2D eigenvalue weighted by Crippen LogP contribution is -2.45. The van der Waals surface area contributed by atoms with Crippen LogP contribution in [0.25, 0.3) is 0 Å². The van der Waals surface area contributed by atoms with Gasteiger partial charge in [0.1, 0.15) is 5.82 Å². The van der Waals surface area contributed by atoms with Crippen molar-refractivity contribution in [3.63, 3.8) is 0 Å². The monoisotopic (exact) mass is 292 g/mol. The Bertz CT molecular complexity index is 433.